The Morgan fingerprint density at radius 2 is 2.00 bits per heavy atom. The van der Waals surface area contributed by atoms with Crippen LogP contribution < -0.4 is 10.0 Å². The minimum absolute atomic E-state index is 0.124. The van der Waals surface area contributed by atoms with Crippen molar-refractivity contribution in [3.05, 3.63) is 40.9 Å². The highest BCUT2D eigenvalue weighted by molar-refractivity contribution is 7.13. The van der Waals surface area contributed by atoms with Gasteiger partial charge in [-0.1, -0.05) is 32.0 Å². The maximum Gasteiger partial charge on any atom is 0.123 e. The molecule has 0 aliphatic rings. The third-order valence-corrected chi connectivity index (χ3v) is 4.65. The molecule has 0 aliphatic carbocycles. The number of carboxylic acids is 1. The fraction of sp³-hybridized carbons (Fsp3) is 0.444. The Morgan fingerprint density at radius 1 is 1.26 bits per heavy atom. The normalized spacial score (nSPS) is 11.1. The molecule has 1 heterocycles. The zero-order chi connectivity index (χ0) is 16.7. The van der Waals surface area contributed by atoms with Gasteiger partial charge in [0.1, 0.15) is 11.6 Å². The molecule has 1 aromatic carbocycles. The molecular weight excluding hydrogens is 308 g/mol. The zero-order valence-corrected chi connectivity index (χ0v) is 14.6. The van der Waals surface area contributed by atoms with E-state index in [1.807, 2.05) is 6.07 Å². The van der Waals surface area contributed by atoms with Crippen LogP contribution in [-0.4, -0.2) is 24.0 Å². The average molecular weight is 332 g/mol. The molecule has 0 bridgehead atoms. The number of rotatable bonds is 9. The quantitative estimate of drug-likeness (QED) is 0.753. The number of quaternary nitrogens is 1. The minimum Gasteiger partial charge on any atom is -0.550 e. The number of hydrogen-bond acceptors (Lipinski definition) is 4. The van der Waals surface area contributed by atoms with E-state index in [1.54, 1.807) is 10.3 Å². The molecule has 0 spiro atoms. The van der Waals surface area contributed by atoms with Gasteiger partial charge in [-0.3, -0.25) is 0 Å². The SMILES string of the molecule is CCC[NH+](CCC)Cc1cccc(-c2nc(CC(=O)[O-])cs2)c1. The van der Waals surface area contributed by atoms with E-state index in [2.05, 4.69) is 37.0 Å². The van der Waals surface area contributed by atoms with Gasteiger partial charge in [-0.05, 0) is 18.9 Å². The van der Waals surface area contributed by atoms with Crippen molar-refractivity contribution >= 4 is 17.3 Å². The number of carbonyl (C=O) groups excluding carboxylic acids is 1. The summed E-state index contributed by atoms with van der Waals surface area (Å²) in [7, 11) is 0. The molecule has 0 radical (unpaired) electrons. The lowest BCUT2D eigenvalue weighted by Crippen LogP contribution is -3.10. The Kier molecular flexibility index (Phi) is 6.74. The average Bonchev–Trinajstić information content (AvgIpc) is 2.96. The molecule has 23 heavy (non-hydrogen) atoms. The van der Waals surface area contributed by atoms with Crippen LogP contribution in [0.15, 0.2) is 29.6 Å². The highest BCUT2D eigenvalue weighted by Crippen LogP contribution is 2.24. The van der Waals surface area contributed by atoms with Crippen LogP contribution >= 0.6 is 11.3 Å². The number of hydrogen-bond donors (Lipinski definition) is 1. The topological polar surface area (TPSA) is 57.5 Å². The first kappa shape index (κ1) is 17.6. The number of nitrogens with zero attached hydrogens (tertiary/aromatic N) is 1. The molecule has 124 valence electrons. The first-order valence-corrected chi connectivity index (χ1v) is 9.07. The van der Waals surface area contributed by atoms with Gasteiger partial charge in [0.15, 0.2) is 0 Å². The molecule has 0 aliphatic heterocycles. The van der Waals surface area contributed by atoms with Crippen LogP contribution in [-0.2, 0) is 17.8 Å². The molecule has 0 unspecified atom stereocenters. The third-order valence-electron chi connectivity index (χ3n) is 3.71. The van der Waals surface area contributed by atoms with Gasteiger partial charge in [-0.2, -0.15) is 0 Å². The summed E-state index contributed by atoms with van der Waals surface area (Å²) < 4.78 is 0. The van der Waals surface area contributed by atoms with Crippen molar-refractivity contribution in [2.24, 2.45) is 0 Å². The molecule has 0 saturated heterocycles. The van der Waals surface area contributed by atoms with Crippen LogP contribution in [0.5, 0.6) is 0 Å². The van der Waals surface area contributed by atoms with Gasteiger partial charge in [0, 0.05) is 28.9 Å². The summed E-state index contributed by atoms with van der Waals surface area (Å²) in [5.74, 6) is -1.09. The van der Waals surface area contributed by atoms with Crippen LogP contribution in [0.2, 0.25) is 0 Å². The first-order chi connectivity index (χ1) is 11.1. The van der Waals surface area contributed by atoms with Gasteiger partial charge < -0.3 is 14.8 Å². The summed E-state index contributed by atoms with van der Waals surface area (Å²) in [6.45, 7) is 7.84. The highest BCUT2D eigenvalue weighted by atomic mass is 32.1. The molecule has 0 fully saturated rings. The van der Waals surface area contributed by atoms with Crippen molar-refractivity contribution in [2.75, 3.05) is 13.1 Å². The summed E-state index contributed by atoms with van der Waals surface area (Å²) >= 11 is 1.48. The van der Waals surface area contributed by atoms with E-state index in [9.17, 15) is 9.90 Å². The molecule has 2 rings (SSSR count). The van der Waals surface area contributed by atoms with Gasteiger partial charge in [0.05, 0.1) is 18.8 Å². The Hall–Kier alpha value is -1.72. The summed E-state index contributed by atoms with van der Waals surface area (Å²) in [6, 6.07) is 8.42. The number of aliphatic carboxylic acids is 1. The monoisotopic (exact) mass is 332 g/mol. The molecule has 1 N–H and O–H groups in total. The van der Waals surface area contributed by atoms with Crippen LogP contribution in [0.3, 0.4) is 0 Å². The fourth-order valence-electron chi connectivity index (χ4n) is 2.78. The van der Waals surface area contributed by atoms with Gasteiger partial charge in [0.2, 0.25) is 0 Å². The smallest absolute Gasteiger partial charge is 0.123 e. The molecule has 0 saturated carbocycles. The number of aromatic nitrogens is 1. The van der Waals surface area contributed by atoms with Crippen molar-refractivity contribution in [2.45, 2.75) is 39.7 Å². The Balaban J connectivity index is 2.12. The molecule has 4 nitrogen and oxygen atoms in total. The lowest BCUT2D eigenvalue weighted by atomic mass is 10.1. The number of nitrogens with one attached hydrogen (secondary N) is 1. The van der Waals surface area contributed by atoms with Crippen LogP contribution in [0.25, 0.3) is 10.6 Å². The molecule has 0 atom stereocenters. The second-order valence-electron chi connectivity index (χ2n) is 5.82. The van der Waals surface area contributed by atoms with Crippen molar-refractivity contribution < 1.29 is 14.8 Å². The van der Waals surface area contributed by atoms with Crippen molar-refractivity contribution in [3.8, 4) is 10.6 Å². The van der Waals surface area contributed by atoms with Crippen molar-refractivity contribution in [1.82, 2.24) is 4.98 Å². The number of benzene rings is 1. The van der Waals surface area contributed by atoms with Crippen LogP contribution in [0.4, 0.5) is 0 Å². The summed E-state index contributed by atoms with van der Waals surface area (Å²) in [5.41, 5.74) is 2.93. The maximum atomic E-state index is 10.7. The van der Waals surface area contributed by atoms with Gasteiger partial charge in [-0.25, -0.2) is 4.98 Å². The lowest BCUT2D eigenvalue weighted by molar-refractivity contribution is -0.914. The van der Waals surface area contributed by atoms with Crippen molar-refractivity contribution in [3.63, 3.8) is 0 Å². The van der Waals surface area contributed by atoms with Crippen LogP contribution in [0.1, 0.15) is 37.9 Å². The maximum absolute atomic E-state index is 10.7. The number of thiazole rings is 1. The zero-order valence-electron chi connectivity index (χ0n) is 13.8. The predicted octanol–water partition coefficient (Wildman–Crippen LogP) is 1.31. The van der Waals surface area contributed by atoms with Gasteiger partial charge in [0.25, 0.3) is 0 Å². The minimum atomic E-state index is -1.09. The van der Waals surface area contributed by atoms with E-state index in [4.69, 9.17) is 0 Å². The Morgan fingerprint density at radius 3 is 2.65 bits per heavy atom. The summed E-state index contributed by atoms with van der Waals surface area (Å²) in [6.07, 6.45) is 2.25. The molecule has 5 heteroatoms. The van der Waals surface area contributed by atoms with Crippen LogP contribution in [0, 0.1) is 0 Å². The third kappa shape index (κ3) is 5.44. The van der Waals surface area contributed by atoms with E-state index >= 15 is 0 Å². The summed E-state index contributed by atoms with van der Waals surface area (Å²) in [5, 5.41) is 13.3. The molecular formula is C18H24N2O2S. The van der Waals surface area contributed by atoms with Crippen molar-refractivity contribution in [1.29, 1.82) is 0 Å². The van der Waals surface area contributed by atoms with E-state index in [0.717, 1.165) is 17.1 Å². The van der Waals surface area contributed by atoms with E-state index in [-0.39, 0.29) is 6.42 Å². The van der Waals surface area contributed by atoms with E-state index < -0.39 is 5.97 Å². The standard InChI is InChI=1S/C18H24N2O2S/c1-3-8-20(9-4-2)12-14-6-5-7-15(10-14)18-19-16(13-23-18)11-17(21)22/h5-7,10,13H,3-4,8-9,11-12H2,1-2H3,(H,21,22). The second-order valence-corrected chi connectivity index (χ2v) is 6.68. The Bertz CT molecular complexity index is 633. The largest absolute Gasteiger partial charge is 0.550 e. The van der Waals surface area contributed by atoms with Gasteiger partial charge >= 0.3 is 0 Å². The van der Waals surface area contributed by atoms with Gasteiger partial charge in [-0.15, -0.1) is 11.3 Å². The highest BCUT2D eigenvalue weighted by Gasteiger charge is 2.10. The first-order valence-electron chi connectivity index (χ1n) is 8.19. The fourth-order valence-corrected chi connectivity index (χ4v) is 3.60. The Labute approximate surface area is 141 Å². The molecule has 1 aromatic heterocycles. The predicted molar refractivity (Wildman–Crippen MR) is 91.2 cm³/mol. The van der Waals surface area contributed by atoms with E-state index in [0.29, 0.717) is 5.69 Å². The molecule has 0 amide bonds. The molecule has 2 aromatic rings. The summed E-state index contributed by atoms with van der Waals surface area (Å²) in [4.78, 5) is 16.7. The number of carboxylic acid groups (broad SMARTS) is 1. The van der Waals surface area contributed by atoms with E-state index in [1.165, 1.54) is 42.8 Å². The second kappa shape index (κ2) is 8.79. The number of carbonyl (C=O) groups is 1. The lowest BCUT2D eigenvalue weighted by Gasteiger charge is -2.18.